The first-order chi connectivity index (χ1) is 14.2. The number of hydrogen-bond donors (Lipinski definition) is 1. The number of benzene rings is 1. The number of halogens is 1. The van der Waals surface area contributed by atoms with Crippen LogP contribution in [0.4, 0.5) is 5.82 Å². The normalized spacial score (nSPS) is 16.4. The predicted octanol–water partition coefficient (Wildman–Crippen LogP) is 2.58. The van der Waals surface area contributed by atoms with E-state index in [4.69, 9.17) is 11.6 Å². The molecule has 1 atom stereocenters. The second-order valence-corrected chi connectivity index (χ2v) is 7.37. The van der Waals surface area contributed by atoms with Gasteiger partial charge in [0, 0.05) is 55.1 Å². The van der Waals surface area contributed by atoms with Crippen molar-refractivity contribution in [3.05, 3.63) is 72.0 Å². The summed E-state index contributed by atoms with van der Waals surface area (Å²) in [6, 6.07) is 9.04. The average molecular weight is 408 g/mol. The number of imidazole rings is 1. The van der Waals surface area contributed by atoms with E-state index in [0.717, 1.165) is 30.1 Å². The van der Waals surface area contributed by atoms with E-state index in [2.05, 4.69) is 25.3 Å². The number of hydrogen-bond acceptors (Lipinski definition) is 5. The molecule has 0 spiro atoms. The van der Waals surface area contributed by atoms with Crippen molar-refractivity contribution < 1.29 is 4.79 Å². The standard InChI is InChI=1S/C20H18ClN7O/c21-14-1-3-16(4-2-14)28-10-6-17(25-28)20(29)24-15-5-9-27(13-15)19-18-22-7-11-26(18)12-8-23-19/h1-4,6-8,10-12,15H,5,9,13H2,(H,24,29)/t15-/m0/s1. The number of carbonyl (C=O) groups is 1. The highest BCUT2D eigenvalue weighted by Gasteiger charge is 2.27. The van der Waals surface area contributed by atoms with Gasteiger partial charge in [-0.15, -0.1) is 0 Å². The van der Waals surface area contributed by atoms with E-state index < -0.39 is 0 Å². The Balaban J connectivity index is 1.26. The lowest BCUT2D eigenvalue weighted by atomic mass is 10.2. The van der Waals surface area contributed by atoms with Gasteiger partial charge in [0.15, 0.2) is 17.2 Å². The van der Waals surface area contributed by atoms with Crippen molar-refractivity contribution in [2.75, 3.05) is 18.0 Å². The Bertz CT molecular complexity index is 1170. The first-order valence-corrected chi connectivity index (χ1v) is 9.70. The first kappa shape index (κ1) is 17.7. The molecule has 146 valence electrons. The number of carbonyl (C=O) groups excluding carboxylic acids is 1. The van der Waals surface area contributed by atoms with Crippen molar-refractivity contribution >= 4 is 29.0 Å². The molecule has 1 saturated heterocycles. The molecule has 5 rings (SSSR count). The lowest BCUT2D eigenvalue weighted by molar-refractivity contribution is 0.0935. The molecule has 0 aliphatic carbocycles. The van der Waals surface area contributed by atoms with Crippen molar-refractivity contribution in [2.24, 2.45) is 0 Å². The number of nitrogens with one attached hydrogen (secondary N) is 1. The molecule has 0 radical (unpaired) electrons. The van der Waals surface area contributed by atoms with Crippen molar-refractivity contribution in [3.63, 3.8) is 0 Å². The Morgan fingerprint density at radius 3 is 2.69 bits per heavy atom. The smallest absolute Gasteiger partial charge is 0.272 e. The highest BCUT2D eigenvalue weighted by molar-refractivity contribution is 6.30. The molecule has 4 heterocycles. The summed E-state index contributed by atoms with van der Waals surface area (Å²) in [5, 5.41) is 8.12. The molecule has 4 aromatic rings. The van der Waals surface area contributed by atoms with Crippen LogP contribution in [0.3, 0.4) is 0 Å². The number of amides is 1. The summed E-state index contributed by atoms with van der Waals surface area (Å²) in [5.74, 6) is 0.651. The van der Waals surface area contributed by atoms with E-state index in [1.807, 2.05) is 28.9 Å². The topological polar surface area (TPSA) is 80.4 Å². The van der Waals surface area contributed by atoms with Gasteiger partial charge in [-0.05, 0) is 36.8 Å². The SMILES string of the molecule is O=C(N[C@H]1CCN(c2nccn3ccnc23)C1)c1ccn(-c2ccc(Cl)cc2)n1. The van der Waals surface area contributed by atoms with Crippen molar-refractivity contribution in [2.45, 2.75) is 12.5 Å². The molecule has 3 aromatic heterocycles. The van der Waals surface area contributed by atoms with Crippen molar-refractivity contribution in [1.82, 2.24) is 29.5 Å². The van der Waals surface area contributed by atoms with Gasteiger partial charge in [-0.3, -0.25) is 4.79 Å². The highest BCUT2D eigenvalue weighted by atomic mass is 35.5. The summed E-state index contributed by atoms with van der Waals surface area (Å²) in [7, 11) is 0. The van der Waals surface area contributed by atoms with Gasteiger partial charge in [-0.1, -0.05) is 11.6 Å². The monoisotopic (exact) mass is 407 g/mol. The fraction of sp³-hybridized carbons (Fsp3) is 0.200. The van der Waals surface area contributed by atoms with Crippen LogP contribution in [0, 0.1) is 0 Å². The molecule has 1 aliphatic heterocycles. The van der Waals surface area contributed by atoms with Crippen LogP contribution < -0.4 is 10.2 Å². The largest absolute Gasteiger partial charge is 0.351 e. The number of nitrogens with zero attached hydrogens (tertiary/aromatic N) is 6. The number of fused-ring (bicyclic) bond motifs is 1. The molecule has 0 bridgehead atoms. The van der Waals surface area contributed by atoms with Gasteiger partial charge < -0.3 is 14.6 Å². The van der Waals surface area contributed by atoms with Crippen molar-refractivity contribution in [1.29, 1.82) is 0 Å². The summed E-state index contributed by atoms with van der Waals surface area (Å²) in [5.41, 5.74) is 2.05. The van der Waals surface area contributed by atoms with E-state index in [0.29, 0.717) is 17.3 Å². The molecule has 1 N–H and O–H groups in total. The zero-order chi connectivity index (χ0) is 19.8. The third kappa shape index (κ3) is 3.42. The molecule has 0 saturated carbocycles. The van der Waals surface area contributed by atoms with Gasteiger partial charge in [0.2, 0.25) is 0 Å². The van der Waals surface area contributed by atoms with Crippen molar-refractivity contribution in [3.8, 4) is 5.69 Å². The van der Waals surface area contributed by atoms with Gasteiger partial charge in [-0.25, -0.2) is 14.6 Å². The zero-order valence-corrected chi connectivity index (χ0v) is 16.2. The van der Waals surface area contributed by atoms with E-state index in [-0.39, 0.29) is 11.9 Å². The lowest BCUT2D eigenvalue weighted by Crippen LogP contribution is -2.37. The maximum Gasteiger partial charge on any atom is 0.272 e. The van der Waals surface area contributed by atoms with Crippen LogP contribution in [0.25, 0.3) is 11.3 Å². The molecule has 1 aliphatic rings. The van der Waals surface area contributed by atoms with Gasteiger partial charge >= 0.3 is 0 Å². The molecule has 29 heavy (non-hydrogen) atoms. The van der Waals surface area contributed by atoms with Crippen LogP contribution >= 0.6 is 11.6 Å². The molecule has 1 amide bonds. The lowest BCUT2D eigenvalue weighted by Gasteiger charge is -2.18. The fourth-order valence-electron chi connectivity index (χ4n) is 3.58. The van der Waals surface area contributed by atoms with Gasteiger partial charge in [-0.2, -0.15) is 5.10 Å². The minimum Gasteiger partial charge on any atom is -0.351 e. The van der Waals surface area contributed by atoms with E-state index in [1.165, 1.54) is 0 Å². The highest BCUT2D eigenvalue weighted by Crippen LogP contribution is 2.22. The van der Waals surface area contributed by atoms with Crippen LogP contribution in [0.1, 0.15) is 16.9 Å². The first-order valence-electron chi connectivity index (χ1n) is 9.32. The maximum atomic E-state index is 12.7. The molecule has 0 unspecified atom stereocenters. The Morgan fingerprint density at radius 1 is 1.07 bits per heavy atom. The predicted molar refractivity (Wildman–Crippen MR) is 110 cm³/mol. The quantitative estimate of drug-likeness (QED) is 0.562. The summed E-state index contributed by atoms with van der Waals surface area (Å²) < 4.78 is 3.60. The van der Waals surface area contributed by atoms with Crippen LogP contribution in [-0.4, -0.2) is 49.2 Å². The minimum absolute atomic E-state index is 0.0280. The van der Waals surface area contributed by atoms with Crippen LogP contribution in [0.2, 0.25) is 5.02 Å². The summed E-state index contributed by atoms with van der Waals surface area (Å²) >= 11 is 5.92. The van der Waals surface area contributed by atoms with E-state index in [9.17, 15) is 4.79 Å². The molecule has 1 aromatic carbocycles. The molecule has 1 fully saturated rings. The molecule has 9 heteroatoms. The number of rotatable bonds is 4. The Hall–Kier alpha value is -3.39. The van der Waals surface area contributed by atoms with Gasteiger partial charge in [0.25, 0.3) is 5.91 Å². The summed E-state index contributed by atoms with van der Waals surface area (Å²) in [6.45, 7) is 1.49. The Morgan fingerprint density at radius 2 is 1.86 bits per heavy atom. The van der Waals surface area contributed by atoms with E-state index in [1.54, 1.807) is 41.5 Å². The average Bonchev–Trinajstić information content (AvgIpc) is 3.48. The Labute approximate surface area is 171 Å². The molecular weight excluding hydrogens is 390 g/mol. The van der Waals surface area contributed by atoms with Crippen LogP contribution in [-0.2, 0) is 0 Å². The maximum absolute atomic E-state index is 12.7. The second kappa shape index (κ2) is 7.21. The minimum atomic E-state index is -0.184. The number of aromatic nitrogens is 5. The zero-order valence-electron chi connectivity index (χ0n) is 15.4. The second-order valence-electron chi connectivity index (χ2n) is 6.94. The molecule has 8 nitrogen and oxygen atoms in total. The van der Waals surface area contributed by atoms with Gasteiger partial charge in [0.05, 0.1) is 5.69 Å². The third-order valence-corrected chi connectivity index (χ3v) is 5.28. The third-order valence-electron chi connectivity index (χ3n) is 5.03. The Kier molecular flexibility index (Phi) is 4.40. The summed E-state index contributed by atoms with van der Waals surface area (Å²) in [6.07, 6.45) is 9.90. The van der Waals surface area contributed by atoms with Crippen LogP contribution in [0.15, 0.2) is 61.3 Å². The summed E-state index contributed by atoms with van der Waals surface area (Å²) in [4.78, 5) is 23.7. The van der Waals surface area contributed by atoms with Crippen LogP contribution in [0.5, 0.6) is 0 Å². The van der Waals surface area contributed by atoms with E-state index >= 15 is 0 Å². The number of anilines is 1. The molecular formula is C20H18ClN7O. The van der Waals surface area contributed by atoms with Gasteiger partial charge in [0.1, 0.15) is 0 Å². The fourth-order valence-corrected chi connectivity index (χ4v) is 3.70.